The highest BCUT2D eigenvalue weighted by atomic mass is 79.9. The molecule has 6 heteroatoms. The first kappa shape index (κ1) is 17.1. The van der Waals surface area contributed by atoms with Gasteiger partial charge < -0.3 is 5.32 Å². The summed E-state index contributed by atoms with van der Waals surface area (Å²) in [4.78, 5) is 2.25. The Bertz CT molecular complexity index is 468. The number of rotatable bonds is 3. The average molecular weight is 382 g/mol. The van der Waals surface area contributed by atoms with Crippen LogP contribution in [0.5, 0.6) is 0 Å². The molecule has 1 aliphatic heterocycles. The molecule has 1 atom stereocenters. The van der Waals surface area contributed by atoms with Gasteiger partial charge in [-0.05, 0) is 30.9 Å². The van der Waals surface area contributed by atoms with Gasteiger partial charge in [0.05, 0.1) is 0 Å². The standard InChI is InChI=1S/C15H19BrF2N2.ClH/c16-11-8-12(17)14(13(18)9-11)15(10-2-1-3-10)20-6-4-19-5-7-20;/h8-10,15,19H,1-7H2;1H/t15-;/m1./s1. The first-order valence-corrected chi connectivity index (χ1v) is 8.05. The molecule has 0 unspecified atom stereocenters. The molecule has 1 aliphatic carbocycles. The van der Waals surface area contributed by atoms with Gasteiger partial charge in [0.2, 0.25) is 0 Å². The Balaban J connectivity index is 0.00000161. The maximum absolute atomic E-state index is 14.3. The number of halogens is 4. The van der Waals surface area contributed by atoms with Gasteiger partial charge in [0.1, 0.15) is 11.6 Å². The lowest BCUT2D eigenvalue weighted by Gasteiger charge is -2.43. The van der Waals surface area contributed by atoms with Crippen molar-refractivity contribution in [2.45, 2.75) is 25.3 Å². The maximum atomic E-state index is 14.3. The van der Waals surface area contributed by atoms with Gasteiger partial charge in [0.15, 0.2) is 0 Å². The van der Waals surface area contributed by atoms with Crippen molar-refractivity contribution in [1.82, 2.24) is 10.2 Å². The molecule has 2 nitrogen and oxygen atoms in total. The third kappa shape index (κ3) is 3.58. The lowest BCUT2D eigenvalue weighted by Crippen LogP contribution is -2.48. The Kier molecular flexibility index (Phi) is 6.00. The first-order chi connectivity index (χ1) is 9.66. The summed E-state index contributed by atoms with van der Waals surface area (Å²) in [7, 11) is 0. The van der Waals surface area contributed by atoms with Crippen LogP contribution in [-0.4, -0.2) is 31.1 Å². The second-order valence-electron chi connectivity index (χ2n) is 5.70. The smallest absolute Gasteiger partial charge is 0.132 e. The minimum Gasteiger partial charge on any atom is -0.314 e. The zero-order chi connectivity index (χ0) is 14.1. The molecule has 21 heavy (non-hydrogen) atoms. The number of piperazine rings is 1. The van der Waals surface area contributed by atoms with E-state index < -0.39 is 11.6 Å². The van der Waals surface area contributed by atoms with Gasteiger partial charge in [0.25, 0.3) is 0 Å². The van der Waals surface area contributed by atoms with E-state index in [1.54, 1.807) is 0 Å². The van der Waals surface area contributed by atoms with Crippen molar-refractivity contribution in [3.8, 4) is 0 Å². The van der Waals surface area contributed by atoms with Gasteiger partial charge >= 0.3 is 0 Å². The van der Waals surface area contributed by atoms with E-state index in [0.29, 0.717) is 10.4 Å². The third-order valence-corrected chi connectivity index (χ3v) is 4.94. The molecule has 1 aromatic carbocycles. The Morgan fingerprint density at radius 1 is 1.14 bits per heavy atom. The van der Waals surface area contributed by atoms with E-state index in [4.69, 9.17) is 0 Å². The zero-order valence-corrected chi connectivity index (χ0v) is 14.2. The van der Waals surface area contributed by atoms with Crippen LogP contribution in [0, 0.1) is 17.6 Å². The highest BCUT2D eigenvalue weighted by Crippen LogP contribution is 2.43. The van der Waals surface area contributed by atoms with Crippen LogP contribution in [0.1, 0.15) is 30.9 Å². The predicted molar refractivity (Wildman–Crippen MR) is 85.8 cm³/mol. The number of nitrogens with zero attached hydrogens (tertiary/aromatic N) is 1. The van der Waals surface area contributed by atoms with Crippen LogP contribution in [0.2, 0.25) is 0 Å². The summed E-state index contributed by atoms with van der Waals surface area (Å²) in [6.07, 6.45) is 3.32. The van der Waals surface area contributed by atoms with E-state index in [2.05, 4.69) is 26.1 Å². The first-order valence-electron chi connectivity index (χ1n) is 7.26. The highest BCUT2D eigenvalue weighted by Gasteiger charge is 2.36. The summed E-state index contributed by atoms with van der Waals surface area (Å²) in [6.45, 7) is 3.50. The zero-order valence-electron chi connectivity index (χ0n) is 11.7. The Labute approximate surface area is 138 Å². The topological polar surface area (TPSA) is 15.3 Å². The van der Waals surface area contributed by atoms with Crippen molar-refractivity contribution in [2.24, 2.45) is 5.92 Å². The van der Waals surface area contributed by atoms with E-state index in [9.17, 15) is 8.78 Å². The minimum atomic E-state index is -0.424. The SMILES string of the molecule is Cl.Fc1cc(Br)cc(F)c1[C@@H](C1CCC1)N1CCNCC1. The van der Waals surface area contributed by atoms with Crippen LogP contribution in [0.15, 0.2) is 16.6 Å². The van der Waals surface area contributed by atoms with E-state index in [0.717, 1.165) is 39.0 Å². The molecule has 118 valence electrons. The van der Waals surface area contributed by atoms with Gasteiger partial charge in [-0.15, -0.1) is 12.4 Å². The molecule has 0 bridgehead atoms. The van der Waals surface area contributed by atoms with Gasteiger partial charge in [-0.25, -0.2) is 8.78 Å². The quantitative estimate of drug-likeness (QED) is 0.854. The Morgan fingerprint density at radius 2 is 1.71 bits per heavy atom. The summed E-state index contributed by atoms with van der Waals surface area (Å²) >= 11 is 3.16. The van der Waals surface area contributed by atoms with Crippen molar-refractivity contribution in [3.63, 3.8) is 0 Å². The normalized spacial score (nSPS) is 21.5. The fourth-order valence-electron chi connectivity index (χ4n) is 3.27. The van der Waals surface area contributed by atoms with E-state index in [1.165, 1.54) is 18.6 Å². The molecule has 1 saturated carbocycles. The molecule has 0 spiro atoms. The summed E-state index contributed by atoms with van der Waals surface area (Å²) in [5, 5.41) is 3.30. The largest absolute Gasteiger partial charge is 0.314 e. The molecule has 0 radical (unpaired) electrons. The monoisotopic (exact) mass is 380 g/mol. The third-order valence-electron chi connectivity index (χ3n) is 4.48. The van der Waals surface area contributed by atoms with E-state index in [1.807, 2.05) is 0 Å². The van der Waals surface area contributed by atoms with E-state index >= 15 is 0 Å². The van der Waals surface area contributed by atoms with Crippen molar-refractivity contribution < 1.29 is 8.78 Å². The summed E-state index contributed by atoms with van der Waals surface area (Å²) < 4.78 is 29.1. The van der Waals surface area contributed by atoms with Gasteiger partial charge in [-0.1, -0.05) is 22.4 Å². The molecule has 1 aromatic rings. The predicted octanol–water partition coefficient (Wildman–Crippen LogP) is 3.90. The lowest BCUT2D eigenvalue weighted by atomic mass is 9.76. The number of nitrogens with one attached hydrogen (secondary N) is 1. The van der Waals surface area contributed by atoms with Crippen molar-refractivity contribution in [3.05, 3.63) is 33.8 Å². The molecular formula is C15H20BrClF2N2. The van der Waals surface area contributed by atoms with Crippen LogP contribution in [0.25, 0.3) is 0 Å². The molecule has 1 N–H and O–H groups in total. The molecule has 0 aromatic heterocycles. The van der Waals surface area contributed by atoms with Gasteiger partial charge in [0, 0.05) is 42.3 Å². The fraction of sp³-hybridized carbons (Fsp3) is 0.600. The number of benzene rings is 1. The van der Waals surface area contributed by atoms with Crippen molar-refractivity contribution in [1.29, 1.82) is 0 Å². The van der Waals surface area contributed by atoms with Crippen LogP contribution >= 0.6 is 28.3 Å². The molecule has 3 rings (SSSR count). The summed E-state index contributed by atoms with van der Waals surface area (Å²) in [6, 6.07) is 2.65. The lowest BCUT2D eigenvalue weighted by molar-refractivity contribution is 0.0784. The van der Waals surface area contributed by atoms with Crippen molar-refractivity contribution >= 4 is 28.3 Å². The molecule has 2 fully saturated rings. The summed E-state index contributed by atoms with van der Waals surface area (Å²) in [5.74, 6) is -0.460. The highest BCUT2D eigenvalue weighted by molar-refractivity contribution is 9.10. The molecule has 1 heterocycles. The van der Waals surface area contributed by atoms with Crippen LogP contribution in [0.4, 0.5) is 8.78 Å². The van der Waals surface area contributed by atoms with Crippen LogP contribution in [-0.2, 0) is 0 Å². The summed E-state index contributed by atoms with van der Waals surface area (Å²) in [5.41, 5.74) is 0.264. The van der Waals surface area contributed by atoms with Crippen molar-refractivity contribution in [2.75, 3.05) is 26.2 Å². The minimum absolute atomic E-state index is 0. The average Bonchev–Trinajstić information content (AvgIpc) is 2.35. The molecular weight excluding hydrogens is 362 g/mol. The van der Waals surface area contributed by atoms with Gasteiger partial charge in [-0.2, -0.15) is 0 Å². The Morgan fingerprint density at radius 3 is 2.19 bits per heavy atom. The molecule has 0 amide bonds. The number of hydrogen-bond donors (Lipinski definition) is 1. The fourth-order valence-corrected chi connectivity index (χ4v) is 3.67. The Hall–Kier alpha value is -0.230. The molecule has 1 saturated heterocycles. The van der Waals surface area contributed by atoms with Crippen LogP contribution < -0.4 is 5.32 Å². The number of hydrogen-bond acceptors (Lipinski definition) is 2. The van der Waals surface area contributed by atoms with E-state index in [-0.39, 0.29) is 24.0 Å². The molecule has 2 aliphatic rings. The maximum Gasteiger partial charge on any atom is 0.132 e. The second kappa shape index (κ2) is 7.36. The second-order valence-corrected chi connectivity index (χ2v) is 6.62. The van der Waals surface area contributed by atoms with Crippen LogP contribution in [0.3, 0.4) is 0 Å². The van der Waals surface area contributed by atoms with Gasteiger partial charge in [-0.3, -0.25) is 4.90 Å².